The molecule has 1 N–H and O–H groups in total. The van der Waals surface area contributed by atoms with Crippen LogP contribution in [0.2, 0.25) is 0 Å². The maximum atomic E-state index is 12.7. The standard InChI is InChI=1S/C13H18FNO.ClH/c14-13-5-3-11(4-6-13)9-16-10-12-2-1-7-15-8-12;/h3-6,12,15H,1-2,7-10H2;1H. The summed E-state index contributed by atoms with van der Waals surface area (Å²) in [6, 6.07) is 6.49. The molecule has 1 aliphatic rings. The highest BCUT2D eigenvalue weighted by atomic mass is 35.5. The Morgan fingerprint density at radius 2 is 2.06 bits per heavy atom. The van der Waals surface area contributed by atoms with Crippen molar-refractivity contribution in [2.24, 2.45) is 5.92 Å². The van der Waals surface area contributed by atoms with Crippen LogP contribution in [0.1, 0.15) is 18.4 Å². The Labute approximate surface area is 108 Å². The van der Waals surface area contributed by atoms with E-state index in [2.05, 4.69) is 5.32 Å². The summed E-state index contributed by atoms with van der Waals surface area (Å²) in [5.74, 6) is 0.439. The quantitative estimate of drug-likeness (QED) is 0.898. The monoisotopic (exact) mass is 259 g/mol. The molecule has 0 aromatic heterocycles. The lowest BCUT2D eigenvalue weighted by atomic mass is 10.0. The molecule has 1 saturated heterocycles. The number of hydrogen-bond acceptors (Lipinski definition) is 2. The average molecular weight is 260 g/mol. The lowest BCUT2D eigenvalue weighted by molar-refractivity contribution is 0.0782. The molecule has 17 heavy (non-hydrogen) atoms. The van der Waals surface area contributed by atoms with E-state index in [1.165, 1.54) is 25.0 Å². The molecule has 1 heterocycles. The summed E-state index contributed by atoms with van der Waals surface area (Å²) in [4.78, 5) is 0. The molecule has 1 aromatic carbocycles. The summed E-state index contributed by atoms with van der Waals surface area (Å²) in [7, 11) is 0. The Morgan fingerprint density at radius 1 is 1.29 bits per heavy atom. The third kappa shape index (κ3) is 5.02. The van der Waals surface area contributed by atoms with Crippen molar-refractivity contribution in [2.45, 2.75) is 19.4 Å². The van der Waals surface area contributed by atoms with Gasteiger partial charge in [-0.3, -0.25) is 0 Å². The van der Waals surface area contributed by atoms with E-state index >= 15 is 0 Å². The summed E-state index contributed by atoms with van der Waals surface area (Å²) in [6.07, 6.45) is 2.49. The molecular formula is C13H19ClFNO. The first-order chi connectivity index (χ1) is 7.84. The van der Waals surface area contributed by atoms with Gasteiger partial charge in [0, 0.05) is 6.54 Å². The summed E-state index contributed by atoms with van der Waals surface area (Å²) in [5.41, 5.74) is 1.03. The largest absolute Gasteiger partial charge is 0.376 e. The van der Waals surface area contributed by atoms with Crippen molar-refractivity contribution >= 4 is 12.4 Å². The van der Waals surface area contributed by atoms with Crippen molar-refractivity contribution < 1.29 is 9.13 Å². The van der Waals surface area contributed by atoms with E-state index in [1.54, 1.807) is 12.1 Å². The number of nitrogens with one attached hydrogen (secondary N) is 1. The normalized spacial score (nSPS) is 19.7. The van der Waals surface area contributed by atoms with Gasteiger partial charge in [-0.2, -0.15) is 0 Å². The lowest BCUT2D eigenvalue weighted by Gasteiger charge is -2.22. The van der Waals surface area contributed by atoms with Gasteiger partial charge in [0.2, 0.25) is 0 Å². The Balaban J connectivity index is 0.00000144. The second kappa shape index (κ2) is 7.64. The molecule has 1 aromatic rings. The van der Waals surface area contributed by atoms with Gasteiger partial charge < -0.3 is 10.1 Å². The third-order valence-corrected chi connectivity index (χ3v) is 2.93. The first kappa shape index (κ1) is 14.4. The predicted molar refractivity (Wildman–Crippen MR) is 68.9 cm³/mol. The predicted octanol–water partition coefficient (Wildman–Crippen LogP) is 2.76. The van der Waals surface area contributed by atoms with Crippen LogP contribution in [0, 0.1) is 11.7 Å². The number of ether oxygens (including phenoxy) is 1. The second-order valence-corrected chi connectivity index (χ2v) is 4.35. The van der Waals surface area contributed by atoms with Crippen molar-refractivity contribution in [3.8, 4) is 0 Å². The van der Waals surface area contributed by atoms with Crippen LogP contribution < -0.4 is 5.32 Å². The molecule has 0 aliphatic carbocycles. The smallest absolute Gasteiger partial charge is 0.123 e. The van der Waals surface area contributed by atoms with Crippen LogP contribution in [0.3, 0.4) is 0 Å². The first-order valence-corrected chi connectivity index (χ1v) is 5.87. The van der Waals surface area contributed by atoms with Crippen molar-refractivity contribution in [1.82, 2.24) is 5.32 Å². The van der Waals surface area contributed by atoms with Crippen molar-refractivity contribution in [3.05, 3.63) is 35.6 Å². The molecule has 96 valence electrons. The summed E-state index contributed by atoms with van der Waals surface area (Å²) in [6.45, 7) is 3.57. The summed E-state index contributed by atoms with van der Waals surface area (Å²) in [5, 5.41) is 3.36. The molecular weight excluding hydrogens is 241 g/mol. The minimum Gasteiger partial charge on any atom is -0.376 e. The maximum Gasteiger partial charge on any atom is 0.123 e. The van der Waals surface area contributed by atoms with Crippen LogP contribution in [0.5, 0.6) is 0 Å². The zero-order chi connectivity index (χ0) is 11.2. The zero-order valence-corrected chi connectivity index (χ0v) is 10.6. The zero-order valence-electron chi connectivity index (χ0n) is 9.82. The van der Waals surface area contributed by atoms with E-state index in [9.17, 15) is 4.39 Å². The lowest BCUT2D eigenvalue weighted by Crippen LogP contribution is -2.32. The van der Waals surface area contributed by atoms with Gasteiger partial charge >= 0.3 is 0 Å². The van der Waals surface area contributed by atoms with Gasteiger partial charge in [-0.25, -0.2) is 4.39 Å². The Kier molecular flexibility index (Phi) is 6.48. The number of halogens is 2. The molecule has 2 nitrogen and oxygen atoms in total. The van der Waals surface area contributed by atoms with Gasteiger partial charge in [-0.05, 0) is 43.0 Å². The van der Waals surface area contributed by atoms with Crippen molar-refractivity contribution in [3.63, 3.8) is 0 Å². The number of piperidine rings is 1. The van der Waals surface area contributed by atoms with Crippen LogP contribution in [0.4, 0.5) is 4.39 Å². The number of hydrogen-bond donors (Lipinski definition) is 1. The van der Waals surface area contributed by atoms with Crippen LogP contribution in [-0.4, -0.2) is 19.7 Å². The Morgan fingerprint density at radius 3 is 2.71 bits per heavy atom. The second-order valence-electron chi connectivity index (χ2n) is 4.35. The van der Waals surface area contributed by atoms with Crippen LogP contribution in [0.15, 0.2) is 24.3 Å². The van der Waals surface area contributed by atoms with Crippen molar-refractivity contribution in [2.75, 3.05) is 19.7 Å². The molecule has 0 bridgehead atoms. The molecule has 0 radical (unpaired) electrons. The minimum atomic E-state index is -0.194. The summed E-state index contributed by atoms with van der Waals surface area (Å²) < 4.78 is 18.3. The molecule has 0 amide bonds. The highest BCUT2D eigenvalue weighted by Gasteiger charge is 2.12. The molecule has 1 fully saturated rings. The van der Waals surface area contributed by atoms with Crippen LogP contribution >= 0.6 is 12.4 Å². The molecule has 1 atom stereocenters. The molecule has 1 unspecified atom stereocenters. The van der Waals surface area contributed by atoms with E-state index in [4.69, 9.17) is 4.74 Å². The Bertz CT molecular complexity index is 312. The fourth-order valence-electron chi connectivity index (χ4n) is 1.99. The van der Waals surface area contributed by atoms with E-state index in [-0.39, 0.29) is 18.2 Å². The molecule has 0 spiro atoms. The van der Waals surface area contributed by atoms with Gasteiger partial charge in [0.25, 0.3) is 0 Å². The SMILES string of the molecule is Cl.Fc1ccc(COCC2CCCNC2)cc1. The number of benzene rings is 1. The van der Waals surface area contributed by atoms with Gasteiger partial charge in [0.05, 0.1) is 13.2 Å². The molecule has 2 rings (SSSR count). The van der Waals surface area contributed by atoms with E-state index in [1.807, 2.05) is 0 Å². The van der Waals surface area contributed by atoms with Crippen LogP contribution in [-0.2, 0) is 11.3 Å². The van der Waals surface area contributed by atoms with E-state index < -0.39 is 0 Å². The van der Waals surface area contributed by atoms with Gasteiger partial charge in [-0.1, -0.05) is 12.1 Å². The topological polar surface area (TPSA) is 21.3 Å². The third-order valence-electron chi connectivity index (χ3n) is 2.93. The molecule has 0 saturated carbocycles. The summed E-state index contributed by atoms with van der Waals surface area (Å²) >= 11 is 0. The minimum absolute atomic E-state index is 0. The van der Waals surface area contributed by atoms with Gasteiger partial charge in [-0.15, -0.1) is 12.4 Å². The van der Waals surface area contributed by atoms with Gasteiger partial charge in [0.15, 0.2) is 0 Å². The maximum absolute atomic E-state index is 12.7. The highest BCUT2D eigenvalue weighted by Crippen LogP contribution is 2.11. The van der Waals surface area contributed by atoms with Gasteiger partial charge in [0.1, 0.15) is 5.82 Å². The van der Waals surface area contributed by atoms with E-state index in [0.717, 1.165) is 25.3 Å². The average Bonchev–Trinajstić information content (AvgIpc) is 2.33. The van der Waals surface area contributed by atoms with E-state index in [0.29, 0.717) is 12.5 Å². The fourth-order valence-corrected chi connectivity index (χ4v) is 1.99. The molecule has 1 aliphatic heterocycles. The van der Waals surface area contributed by atoms with Crippen LogP contribution in [0.25, 0.3) is 0 Å². The number of rotatable bonds is 4. The van der Waals surface area contributed by atoms with Crippen molar-refractivity contribution in [1.29, 1.82) is 0 Å². The molecule has 4 heteroatoms. The highest BCUT2D eigenvalue weighted by molar-refractivity contribution is 5.85. The Hall–Kier alpha value is -0.640. The fraction of sp³-hybridized carbons (Fsp3) is 0.538. The first-order valence-electron chi connectivity index (χ1n) is 5.87.